The largest absolute Gasteiger partial charge is 0.391 e. The summed E-state index contributed by atoms with van der Waals surface area (Å²) in [6, 6.07) is 0. The molecule has 1 aliphatic carbocycles. The lowest BCUT2D eigenvalue weighted by Gasteiger charge is -2.47. The van der Waals surface area contributed by atoms with Crippen molar-refractivity contribution in [2.45, 2.75) is 50.4 Å². The molecule has 3 fully saturated rings. The Labute approximate surface area is 169 Å². The molecule has 5 N–H and O–H groups in total. The van der Waals surface area contributed by atoms with Gasteiger partial charge in [0.2, 0.25) is 0 Å². The van der Waals surface area contributed by atoms with E-state index in [0.717, 1.165) is 32.6 Å². The molecule has 0 amide bonds. The van der Waals surface area contributed by atoms with Crippen molar-refractivity contribution in [3.63, 3.8) is 0 Å². The summed E-state index contributed by atoms with van der Waals surface area (Å²) in [6.45, 7) is 4.95. The van der Waals surface area contributed by atoms with Crippen LogP contribution in [0, 0.1) is 23.7 Å². The first-order chi connectivity index (χ1) is 13.9. The smallest absolute Gasteiger partial charge is 0.330 e. The average Bonchev–Trinajstić information content (AvgIpc) is 3.38. The van der Waals surface area contributed by atoms with Crippen molar-refractivity contribution in [2.75, 3.05) is 39.3 Å². The summed E-state index contributed by atoms with van der Waals surface area (Å²) >= 11 is 0. The molecular weight excluding hydrogens is 386 g/mol. The van der Waals surface area contributed by atoms with Crippen LogP contribution in [0.15, 0.2) is 11.6 Å². The SMILES string of the molecule is NCC1CCN(C2NC(C3CCC(C(F)(F)F)CC3F)NCC2C2=CCNC2)C1. The van der Waals surface area contributed by atoms with Gasteiger partial charge in [-0.2, -0.15) is 13.2 Å². The summed E-state index contributed by atoms with van der Waals surface area (Å²) in [7, 11) is 0. The van der Waals surface area contributed by atoms with Crippen molar-refractivity contribution in [1.29, 1.82) is 0 Å². The standard InChI is InChI=1S/C20H33F4N5/c21-17-7-14(20(22,23)24)1-2-15(17)18-27-10-16(13-3-5-26-9-13)19(28-18)29-6-4-12(8-25)11-29/h3,12,14-19,26-28H,1-2,4-11,25H2. The fraction of sp³-hybridized carbons (Fsp3) is 0.900. The Balaban J connectivity index is 1.45. The van der Waals surface area contributed by atoms with Crippen LogP contribution in [0.3, 0.4) is 0 Å². The molecule has 2 saturated heterocycles. The number of likely N-dealkylation sites (tertiary alicyclic amines) is 1. The summed E-state index contributed by atoms with van der Waals surface area (Å²) in [4.78, 5) is 2.41. The Morgan fingerprint density at radius 1 is 1.21 bits per heavy atom. The van der Waals surface area contributed by atoms with E-state index in [1.54, 1.807) is 0 Å². The van der Waals surface area contributed by atoms with Crippen LogP contribution in [0.4, 0.5) is 17.6 Å². The zero-order valence-corrected chi connectivity index (χ0v) is 16.7. The van der Waals surface area contributed by atoms with Crippen LogP contribution >= 0.6 is 0 Å². The highest BCUT2D eigenvalue weighted by Crippen LogP contribution is 2.42. The fourth-order valence-electron chi connectivity index (χ4n) is 5.59. The van der Waals surface area contributed by atoms with Crippen molar-refractivity contribution < 1.29 is 17.6 Å². The predicted molar refractivity (Wildman–Crippen MR) is 104 cm³/mol. The van der Waals surface area contributed by atoms with E-state index in [1.807, 2.05) is 0 Å². The fourth-order valence-corrected chi connectivity index (χ4v) is 5.59. The van der Waals surface area contributed by atoms with Crippen molar-refractivity contribution >= 4 is 0 Å². The first kappa shape index (κ1) is 21.5. The molecular formula is C20H33F4N5. The van der Waals surface area contributed by atoms with Crippen molar-refractivity contribution in [3.05, 3.63) is 11.6 Å². The maximum absolute atomic E-state index is 14.8. The van der Waals surface area contributed by atoms with Crippen LogP contribution in [0.2, 0.25) is 0 Å². The maximum atomic E-state index is 14.8. The van der Waals surface area contributed by atoms with Gasteiger partial charge in [0, 0.05) is 44.6 Å². The number of hydrogen-bond donors (Lipinski definition) is 4. The summed E-state index contributed by atoms with van der Waals surface area (Å²) in [5, 5.41) is 10.4. The lowest BCUT2D eigenvalue weighted by Crippen LogP contribution is -2.67. The molecule has 7 unspecified atom stereocenters. The molecule has 1 saturated carbocycles. The maximum Gasteiger partial charge on any atom is 0.391 e. The molecule has 5 nitrogen and oxygen atoms in total. The highest BCUT2D eigenvalue weighted by atomic mass is 19.4. The summed E-state index contributed by atoms with van der Waals surface area (Å²) < 4.78 is 53.9. The normalized spacial score (nSPS) is 42.2. The van der Waals surface area contributed by atoms with Crippen molar-refractivity contribution in [1.82, 2.24) is 20.9 Å². The molecule has 7 atom stereocenters. The van der Waals surface area contributed by atoms with Gasteiger partial charge in [-0.15, -0.1) is 0 Å². The van der Waals surface area contributed by atoms with Gasteiger partial charge in [-0.05, 0) is 38.1 Å². The third kappa shape index (κ3) is 4.63. The Kier molecular flexibility index (Phi) is 6.51. The highest BCUT2D eigenvalue weighted by Gasteiger charge is 2.48. The Hall–Kier alpha value is -0.740. The molecule has 0 spiro atoms. The number of alkyl halides is 4. The van der Waals surface area contributed by atoms with Crippen LogP contribution < -0.4 is 21.7 Å². The van der Waals surface area contributed by atoms with E-state index in [2.05, 4.69) is 26.9 Å². The molecule has 4 aliphatic rings. The number of halogens is 4. The number of nitrogens with two attached hydrogens (primary N) is 1. The minimum atomic E-state index is -4.30. The van der Waals surface area contributed by atoms with Gasteiger partial charge >= 0.3 is 6.18 Å². The molecule has 4 rings (SSSR count). The molecule has 0 aromatic heterocycles. The second kappa shape index (κ2) is 8.78. The van der Waals surface area contributed by atoms with Gasteiger partial charge in [0.15, 0.2) is 0 Å². The highest BCUT2D eigenvalue weighted by molar-refractivity contribution is 5.19. The van der Waals surface area contributed by atoms with E-state index >= 15 is 0 Å². The first-order valence-electron chi connectivity index (χ1n) is 10.9. The van der Waals surface area contributed by atoms with E-state index in [0.29, 0.717) is 19.0 Å². The van der Waals surface area contributed by atoms with Crippen LogP contribution in [-0.4, -0.2) is 68.8 Å². The van der Waals surface area contributed by atoms with Gasteiger partial charge in [-0.1, -0.05) is 11.6 Å². The molecule has 0 aromatic rings. The molecule has 0 bridgehead atoms. The molecule has 0 radical (unpaired) electrons. The van der Waals surface area contributed by atoms with E-state index < -0.39 is 30.6 Å². The van der Waals surface area contributed by atoms with E-state index in [1.165, 1.54) is 5.57 Å². The van der Waals surface area contributed by atoms with Crippen LogP contribution in [0.1, 0.15) is 25.7 Å². The van der Waals surface area contributed by atoms with E-state index in [9.17, 15) is 17.6 Å². The predicted octanol–water partition coefficient (Wildman–Crippen LogP) is 1.57. The third-order valence-electron chi connectivity index (χ3n) is 7.36. The van der Waals surface area contributed by atoms with Gasteiger partial charge in [0.25, 0.3) is 0 Å². The van der Waals surface area contributed by atoms with E-state index in [-0.39, 0.29) is 31.1 Å². The van der Waals surface area contributed by atoms with Crippen molar-refractivity contribution in [3.8, 4) is 0 Å². The molecule has 3 aliphatic heterocycles. The van der Waals surface area contributed by atoms with E-state index in [4.69, 9.17) is 5.73 Å². The minimum Gasteiger partial charge on any atom is -0.330 e. The van der Waals surface area contributed by atoms with Crippen LogP contribution in [0.25, 0.3) is 0 Å². The molecule has 29 heavy (non-hydrogen) atoms. The Bertz CT molecular complexity index is 598. The topological polar surface area (TPSA) is 65.3 Å². The Morgan fingerprint density at radius 3 is 2.66 bits per heavy atom. The van der Waals surface area contributed by atoms with Gasteiger partial charge in [0.05, 0.1) is 18.2 Å². The molecule has 9 heteroatoms. The molecule has 3 heterocycles. The molecule has 0 aromatic carbocycles. The third-order valence-corrected chi connectivity index (χ3v) is 7.36. The minimum absolute atomic E-state index is 0.0105. The zero-order chi connectivity index (χ0) is 20.6. The number of hydrogen-bond acceptors (Lipinski definition) is 5. The van der Waals surface area contributed by atoms with Gasteiger partial charge in [0.1, 0.15) is 6.17 Å². The quantitative estimate of drug-likeness (QED) is 0.412. The Morgan fingerprint density at radius 2 is 2.03 bits per heavy atom. The van der Waals surface area contributed by atoms with Crippen LogP contribution in [0.5, 0.6) is 0 Å². The van der Waals surface area contributed by atoms with Crippen LogP contribution in [-0.2, 0) is 0 Å². The van der Waals surface area contributed by atoms with Gasteiger partial charge < -0.3 is 16.4 Å². The number of nitrogens with one attached hydrogen (secondary N) is 3. The first-order valence-corrected chi connectivity index (χ1v) is 10.9. The number of rotatable bonds is 4. The average molecular weight is 420 g/mol. The second-order valence-corrected chi connectivity index (χ2v) is 9.13. The summed E-state index contributed by atoms with van der Waals surface area (Å²) in [5.74, 6) is -1.21. The monoisotopic (exact) mass is 419 g/mol. The molecule has 166 valence electrons. The van der Waals surface area contributed by atoms with Crippen molar-refractivity contribution in [2.24, 2.45) is 29.4 Å². The zero-order valence-electron chi connectivity index (χ0n) is 16.7. The van der Waals surface area contributed by atoms with Gasteiger partial charge in [-0.25, -0.2) is 4.39 Å². The lowest BCUT2D eigenvalue weighted by atomic mass is 9.77. The van der Waals surface area contributed by atoms with Gasteiger partial charge in [-0.3, -0.25) is 10.2 Å². The number of nitrogens with zero attached hydrogens (tertiary/aromatic N) is 1. The summed E-state index contributed by atoms with van der Waals surface area (Å²) in [5.41, 5.74) is 7.22. The second-order valence-electron chi connectivity index (χ2n) is 9.13. The lowest BCUT2D eigenvalue weighted by molar-refractivity contribution is -0.191. The summed E-state index contributed by atoms with van der Waals surface area (Å²) in [6.07, 6.45) is -2.85.